The van der Waals surface area contributed by atoms with E-state index in [1.54, 1.807) is 13.8 Å². The first-order chi connectivity index (χ1) is 14.9. The number of aromatic nitrogens is 3. The van der Waals surface area contributed by atoms with Gasteiger partial charge in [0.15, 0.2) is 11.7 Å². The lowest BCUT2D eigenvalue weighted by Crippen LogP contribution is -2.36. The predicted octanol–water partition coefficient (Wildman–Crippen LogP) is 1.76. The molecule has 2 aromatic heterocycles. The van der Waals surface area contributed by atoms with Crippen LogP contribution in [-0.2, 0) is 32.5 Å². The fourth-order valence-electron chi connectivity index (χ4n) is 3.83. The molecule has 0 aliphatic carbocycles. The summed E-state index contributed by atoms with van der Waals surface area (Å²) in [6, 6.07) is 9.81. The van der Waals surface area contributed by atoms with Gasteiger partial charge >= 0.3 is 11.7 Å². The molecule has 3 heterocycles. The van der Waals surface area contributed by atoms with Crippen LogP contribution in [0.3, 0.4) is 0 Å². The van der Waals surface area contributed by atoms with Crippen molar-refractivity contribution in [3.8, 4) is 0 Å². The van der Waals surface area contributed by atoms with Crippen molar-refractivity contribution in [2.24, 2.45) is 0 Å². The van der Waals surface area contributed by atoms with E-state index in [0.29, 0.717) is 19.4 Å². The van der Waals surface area contributed by atoms with Gasteiger partial charge < -0.3 is 4.74 Å². The number of hydrogen-bond donors (Lipinski definition) is 0. The molecule has 1 aromatic carbocycles. The largest absolute Gasteiger partial charge is 0.464 e. The molecule has 0 bridgehead atoms. The predicted molar refractivity (Wildman–Crippen MR) is 113 cm³/mol. The number of carbonyl (C=O) groups excluding carboxylic acids is 1. The molecule has 31 heavy (non-hydrogen) atoms. The molecule has 0 saturated heterocycles. The van der Waals surface area contributed by atoms with Gasteiger partial charge in [-0.05, 0) is 43.0 Å². The average molecular weight is 445 g/mol. The fraction of sp³-hybridized carbons (Fsp3) is 0.381. The lowest BCUT2D eigenvalue weighted by atomic mass is 10.0. The highest BCUT2D eigenvalue weighted by molar-refractivity contribution is 7.89. The number of ether oxygens (including phenoxy) is 1. The molecular formula is C21H24N4O5S. The Morgan fingerprint density at radius 3 is 2.61 bits per heavy atom. The van der Waals surface area contributed by atoms with Crippen LogP contribution in [0, 0.1) is 0 Å². The van der Waals surface area contributed by atoms with E-state index < -0.39 is 27.7 Å². The third-order valence-corrected chi connectivity index (χ3v) is 7.31. The van der Waals surface area contributed by atoms with Crippen molar-refractivity contribution in [1.82, 2.24) is 18.5 Å². The summed E-state index contributed by atoms with van der Waals surface area (Å²) in [4.78, 5) is 25.1. The van der Waals surface area contributed by atoms with Gasteiger partial charge in [-0.3, -0.25) is 0 Å². The SMILES string of the molecule is CCOC(=O)[C@@H](CC)n1nc2ccc(S(=O)(=O)N3CCc4ccccc4C3)cn2c1=O. The van der Waals surface area contributed by atoms with Gasteiger partial charge in [-0.2, -0.15) is 8.99 Å². The van der Waals surface area contributed by atoms with Crippen LogP contribution in [0.25, 0.3) is 5.65 Å². The Kier molecular flexibility index (Phi) is 5.67. The zero-order chi connectivity index (χ0) is 22.2. The first-order valence-corrected chi connectivity index (χ1v) is 11.6. The molecule has 10 heteroatoms. The molecule has 3 aromatic rings. The third kappa shape index (κ3) is 3.77. The number of rotatable bonds is 6. The fourth-order valence-corrected chi connectivity index (χ4v) is 5.25. The highest BCUT2D eigenvalue weighted by Crippen LogP contribution is 2.25. The van der Waals surface area contributed by atoms with Gasteiger partial charge in [-0.15, -0.1) is 5.10 Å². The van der Waals surface area contributed by atoms with E-state index in [2.05, 4.69) is 5.10 Å². The summed E-state index contributed by atoms with van der Waals surface area (Å²) >= 11 is 0. The number of carbonyl (C=O) groups is 1. The van der Waals surface area contributed by atoms with Crippen molar-refractivity contribution in [3.63, 3.8) is 0 Å². The van der Waals surface area contributed by atoms with Gasteiger partial charge in [-0.1, -0.05) is 31.2 Å². The minimum absolute atomic E-state index is 0.00483. The molecule has 0 spiro atoms. The van der Waals surface area contributed by atoms with Gasteiger partial charge in [0.05, 0.1) is 11.5 Å². The zero-order valence-corrected chi connectivity index (χ0v) is 18.2. The van der Waals surface area contributed by atoms with Crippen molar-refractivity contribution in [2.75, 3.05) is 13.2 Å². The average Bonchev–Trinajstić information content (AvgIpc) is 3.10. The van der Waals surface area contributed by atoms with Crippen LogP contribution in [0.2, 0.25) is 0 Å². The van der Waals surface area contributed by atoms with Crippen molar-refractivity contribution < 1.29 is 17.9 Å². The van der Waals surface area contributed by atoms with Crippen molar-refractivity contribution in [1.29, 1.82) is 0 Å². The van der Waals surface area contributed by atoms with Gasteiger partial charge in [0.2, 0.25) is 10.0 Å². The second-order valence-corrected chi connectivity index (χ2v) is 9.29. The van der Waals surface area contributed by atoms with E-state index >= 15 is 0 Å². The van der Waals surface area contributed by atoms with E-state index in [1.165, 1.54) is 22.6 Å². The Morgan fingerprint density at radius 2 is 1.90 bits per heavy atom. The molecule has 9 nitrogen and oxygen atoms in total. The van der Waals surface area contributed by atoms with E-state index in [0.717, 1.165) is 20.2 Å². The molecule has 0 N–H and O–H groups in total. The summed E-state index contributed by atoms with van der Waals surface area (Å²) in [5.41, 5.74) is 1.79. The number of fused-ring (bicyclic) bond motifs is 2. The smallest absolute Gasteiger partial charge is 0.351 e. The highest BCUT2D eigenvalue weighted by atomic mass is 32.2. The third-order valence-electron chi connectivity index (χ3n) is 5.49. The van der Waals surface area contributed by atoms with Crippen LogP contribution in [0.5, 0.6) is 0 Å². The van der Waals surface area contributed by atoms with Crippen LogP contribution >= 0.6 is 0 Å². The molecule has 1 aliphatic rings. The monoisotopic (exact) mass is 444 g/mol. The minimum atomic E-state index is -3.81. The maximum atomic E-state index is 13.3. The standard InChI is InChI=1S/C21H24N4O5S/c1-3-18(20(26)30-4-2)25-21(27)24-14-17(9-10-19(24)22-25)31(28,29)23-12-11-15-7-5-6-8-16(15)13-23/h5-10,14,18H,3-4,11-13H2,1-2H3/t18-/m1/s1. The molecule has 4 rings (SSSR count). The summed E-state index contributed by atoms with van der Waals surface area (Å²) in [6.07, 6.45) is 2.23. The summed E-state index contributed by atoms with van der Waals surface area (Å²) < 4.78 is 35.2. The maximum Gasteiger partial charge on any atom is 0.351 e. The molecule has 0 amide bonds. The first kappa shape index (κ1) is 21.3. The van der Waals surface area contributed by atoms with Crippen LogP contribution in [0.15, 0.2) is 52.3 Å². The Labute approximate surface area is 179 Å². The Morgan fingerprint density at radius 1 is 1.16 bits per heavy atom. The van der Waals surface area contributed by atoms with Crippen molar-refractivity contribution in [2.45, 2.75) is 44.2 Å². The lowest BCUT2D eigenvalue weighted by Gasteiger charge is -2.28. The first-order valence-electron chi connectivity index (χ1n) is 10.2. The normalized spacial score (nSPS) is 15.5. The number of nitrogens with zero attached hydrogens (tertiary/aromatic N) is 4. The molecule has 0 unspecified atom stereocenters. The summed E-state index contributed by atoms with van der Waals surface area (Å²) in [6.45, 7) is 4.28. The molecule has 1 aliphatic heterocycles. The van der Waals surface area contributed by atoms with E-state index in [9.17, 15) is 18.0 Å². The Bertz CT molecular complexity index is 1290. The maximum absolute atomic E-state index is 13.3. The molecule has 0 fully saturated rings. The van der Waals surface area contributed by atoms with Crippen LogP contribution < -0.4 is 5.69 Å². The molecular weight excluding hydrogens is 420 g/mol. The molecule has 0 radical (unpaired) electrons. The summed E-state index contributed by atoms with van der Waals surface area (Å²) in [7, 11) is -3.81. The number of hydrogen-bond acceptors (Lipinski definition) is 6. The van der Waals surface area contributed by atoms with E-state index in [1.807, 2.05) is 24.3 Å². The quantitative estimate of drug-likeness (QED) is 0.537. The van der Waals surface area contributed by atoms with Crippen molar-refractivity contribution in [3.05, 3.63) is 64.2 Å². The van der Waals surface area contributed by atoms with Crippen LogP contribution in [0.1, 0.15) is 37.4 Å². The Hall–Kier alpha value is -2.98. The molecule has 164 valence electrons. The van der Waals surface area contributed by atoms with Crippen LogP contribution in [0.4, 0.5) is 0 Å². The second-order valence-electron chi connectivity index (χ2n) is 7.35. The Balaban J connectivity index is 1.70. The number of sulfonamides is 1. The van der Waals surface area contributed by atoms with Crippen molar-refractivity contribution >= 4 is 21.6 Å². The van der Waals surface area contributed by atoms with Gasteiger partial charge in [0.1, 0.15) is 0 Å². The van der Waals surface area contributed by atoms with E-state index in [4.69, 9.17) is 4.74 Å². The minimum Gasteiger partial charge on any atom is -0.464 e. The van der Waals surface area contributed by atoms with E-state index in [-0.39, 0.29) is 23.7 Å². The van der Waals surface area contributed by atoms with Gasteiger partial charge in [-0.25, -0.2) is 22.4 Å². The second kappa shape index (κ2) is 8.27. The topological polar surface area (TPSA) is 103 Å². The molecule has 1 atom stereocenters. The number of benzene rings is 1. The van der Waals surface area contributed by atoms with Gasteiger partial charge in [0, 0.05) is 19.3 Å². The zero-order valence-electron chi connectivity index (χ0n) is 17.4. The number of pyridine rings is 1. The van der Waals surface area contributed by atoms with Gasteiger partial charge in [0.25, 0.3) is 0 Å². The van der Waals surface area contributed by atoms with Crippen LogP contribution in [-0.4, -0.2) is 46.0 Å². The lowest BCUT2D eigenvalue weighted by molar-refractivity contribution is -0.147. The molecule has 0 saturated carbocycles. The summed E-state index contributed by atoms with van der Waals surface area (Å²) in [5, 5.41) is 4.21. The highest BCUT2D eigenvalue weighted by Gasteiger charge is 2.30. The number of esters is 1. The summed E-state index contributed by atoms with van der Waals surface area (Å²) in [5.74, 6) is -0.546.